The molecular formula is C86H84BN5OS2. The number of benzene rings is 9. The van der Waals surface area contributed by atoms with Crippen molar-refractivity contribution in [3.05, 3.63) is 254 Å². The molecule has 0 bridgehead atoms. The molecule has 2 aliphatic heterocycles. The molecule has 0 unspecified atom stereocenters. The Balaban J connectivity index is 1.11. The number of pyridine rings is 2. The van der Waals surface area contributed by atoms with Crippen LogP contribution < -0.4 is 30.4 Å². The zero-order chi connectivity index (χ0) is 66.3. The SMILES string of the molecule is CC(C)(C)c1ccc(N(c2ccc3c(c2)N(c2cccc4c2oc2ccccc24)c2cc(S(c4ccc(C(C)(C)C)cc4)(C(C)(C)C)C(C)(C)C)cc4c2B3c2sc3ccc(C(C)(C)C)cc3c2N4c2ccc(-c3ccccn3)nc2)c2ccccc2-c2ccccc2)cc1. The van der Waals surface area contributed by atoms with Crippen LogP contribution in [0.15, 0.2) is 251 Å². The number of rotatable bonds is 9. The Labute approximate surface area is 567 Å². The van der Waals surface area contributed by atoms with Gasteiger partial charge in [0.2, 0.25) is 0 Å². The monoisotopic (exact) mass is 1280 g/mol. The second-order valence-electron chi connectivity index (χ2n) is 31.0. The van der Waals surface area contributed by atoms with Gasteiger partial charge in [0.25, 0.3) is 6.71 Å². The highest BCUT2D eigenvalue weighted by atomic mass is 32.3. The third-order valence-electron chi connectivity index (χ3n) is 19.8. The molecule has 4 aromatic heterocycles. The van der Waals surface area contributed by atoms with Crippen molar-refractivity contribution in [2.24, 2.45) is 0 Å². The smallest absolute Gasteiger partial charge is 0.264 e. The molecule has 15 rings (SSSR count). The Kier molecular flexibility index (Phi) is 14.7. The van der Waals surface area contributed by atoms with Crippen molar-refractivity contribution in [2.45, 2.75) is 139 Å². The molecule has 0 fully saturated rings. The molecule has 9 aromatic carbocycles. The number of furan rings is 1. The number of aromatic nitrogens is 2. The molecule has 474 valence electrons. The molecule has 2 aliphatic rings. The van der Waals surface area contributed by atoms with Crippen LogP contribution in [0.2, 0.25) is 0 Å². The predicted molar refractivity (Wildman–Crippen MR) is 410 cm³/mol. The van der Waals surface area contributed by atoms with Gasteiger partial charge < -0.3 is 19.1 Å². The molecule has 0 spiro atoms. The van der Waals surface area contributed by atoms with Gasteiger partial charge in [-0.05, 0) is 172 Å². The lowest BCUT2D eigenvalue weighted by molar-refractivity contribution is 0.589. The normalized spacial score (nSPS) is 13.7. The summed E-state index contributed by atoms with van der Waals surface area (Å²) >= 11 is 1.93. The molecule has 6 nitrogen and oxygen atoms in total. The summed E-state index contributed by atoms with van der Waals surface area (Å²) in [7, 11) is -2.08. The predicted octanol–water partition coefficient (Wildman–Crippen LogP) is 23.2. The van der Waals surface area contributed by atoms with E-state index in [1.807, 2.05) is 35.7 Å². The zero-order valence-electron chi connectivity index (χ0n) is 57.6. The van der Waals surface area contributed by atoms with Crippen LogP contribution >= 0.6 is 21.4 Å². The van der Waals surface area contributed by atoms with E-state index in [0.29, 0.717) is 0 Å². The molecule has 0 saturated heterocycles. The maximum Gasteiger partial charge on any atom is 0.264 e. The van der Waals surface area contributed by atoms with E-state index in [1.54, 1.807) is 0 Å². The number of nitrogens with zero attached hydrogens (tertiary/aromatic N) is 5. The molecule has 0 radical (unpaired) electrons. The largest absolute Gasteiger partial charge is 0.454 e. The Hall–Kier alpha value is -9.15. The van der Waals surface area contributed by atoms with E-state index in [2.05, 4.69) is 331 Å². The molecule has 0 atom stereocenters. The fourth-order valence-electron chi connectivity index (χ4n) is 15.5. The van der Waals surface area contributed by atoms with Crippen LogP contribution in [0, 0.1) is 0 Å². The molecule has 0 N–H and O–H groups in total. The Bertz CT molecular complexity index is 5080. The van der Waals surface area contributed by atoms with Gasteiger partial charge in [0.15, 0.2) is 5.58 Å². The fourth-order valence-corrected chi connectivity index (χ4v) is 22.9. The summed E-state index contributed by atoms with van der Waals surface area (Å²) in [5.74, 6) is 0. The highest BCUT2D eigenvalue weighted by Gasteiger charge is 2.52. The van der Waals surface area contributed by atoms with E-state index in [9.17, 15) is 0 Å². The summed E-state index contributed by atoms with van der Waals surface area (Å²) in [6.07, 6.45) is 3.94. The number of hydrogen-bond acceptors (Lipinski definition) is 7. The first-order valence-electron chi connectivity index (χ1n) is 33.5. The lowest BCUT2D eigenvalue weighted by Gasteiger charge is -2.60. The lowest BCUT2D eigenvalue weighted by atomic mass is 9.36. The minimum Gasteiger partial charge on any atom is -0.454 e. The summed E-state index contributed by atoms with van der Waals surface area (Å²) in [5.41, 5.74) is 21.6. The fraction of sp³-hybridized carbons (Fsp3) is 0.233. The minimum atomic E-state index is -2.08. The van der Waals surface area contributed by atoms with Crippen LogP contribution in [0.3, 0.4) is 0 Å². The number of thiophene rings is 1. The van der Waals surface area contributed by atoms with Gasteiger partial charge in [-0.2, -0.15) is 10.0 Å². The van der Waals surface area contributed by atoms with Gasteiger partial charge in [0.1, 0.15) is 5.58 Å². The van der Waals surface area contributed by atoms with E-state index in [-0.39, 0.29) is 32.5 Å². The summed E-state index contributed by atoms with van der Waals surface area (Å²) < 4.78 is 9.32. The summed E-state index contributed by atoms with van der Waals surface area (Å²) in [6.45, 7) is 35.7. The number of hydrogen-bond donors (Lipinski definition) is 0. The molecule has 0 amide bonds. The topological polar surface area (TPSA) is 48.6 Å². The van der Waals surface area contributed by atoms with Gasteiger partial charge in [-0.25, -0.2) is 0 Å². The molecule has 13 aromatic rings. The molecule has 0 aliphatic carbocycles. The quantitative estimate of drug-likeness (QED) is 0.134. The van der Waals surface area contributed by atoms with Crippen molar-refractivity contribution < 1.29 is 4.42 Å². The Morgan fingerprint density at radius 3 is 1.73 bits per heavy atom. The van der Waals surface area contributed by atoms with Gasteiger partial charge in [-0.1, -0.05) is 225 Å². The summed E-state index contributed by atoms with van der Waals surface area (Å²) in [6, 6.07) is 84.5. The molecular weight excluding hydrogens is 1190 g/mol. The van der Waals surface area contributed by atoms with Crippen molar-refractivity contribution in [1.29, 1.82) is 0 Å². The first-order valence-corrected chi connectivity index (χ1v) is 36.0. The van der Waals surface area contributed by atoms with Gasteiger partial charge >= 0.3 is 0 Å². The van der Waals surface area contributed by atoms with Gasteiger partial charge in [-0.3, -0.25) is 9.97 Å². The third-order valence-corrected chi connectivity index (χ3v) is 26.6. The van der Waals surface area contributed by atoms with Crippen LogP contribution in [0.5, 0.6) is 0 Å². The van der Waals surface area contributed by atoms with Gasteiger partial charge in [0, 0.05) is 65.8 Å². The molecule has 0 saturated carbocycles. The molecule has 9 heteroatoms. The van der Waals surface area contributed by atoms with E-state index in [1.165, 1.54) is 58.0 Å². The maximum atomic E-state index is 7.30. The highest BCUT2D eigenvalue weighted by Crippen LogP contribution is 2.78. The minimum absolute atomic E-state index is 0.0287. The second-order valence-corrected chi connectivity index (χ2v) is 36.7. The van der Waals surface area contributed by atoms with E-state index in [4.69, 9.17) is 14.4 Å². The van der Waals surface area contributed by atoms with Crippen LogP contribution in [-0.4, -0.2) is 26.2 Å². The van der Waals surface area contributed by atoms with Gasteiger partial charge in [0.05, 0.1) is 40.3 Å². The third kappa shape index (κ3) is 10.2. The highest BCUT2D eigenvalue weighted by molar-refractivity contribution is 8.35. The van der Waals surface area contributed by atoms with Crippen molar-refractivity contribution in [1.82, 2.24) is 9.97 Å². The second kappa shape index (κ2) is 22.5. The van der Waals surface area contributed by atoms with E-state index >= 15 is 0 Å². The molecule has 95 heavy (non-hydrogen) atoms. The van der Waals surface area contributed by atoms with E-state index in [0.717, 1.165) is 90.0 Å². The number of fused-ring (bicyclic) bond motifs is 9. The lowest BCUT2D eigenvalue weighted by Crippen LogP contribution is -2.60. The van der Waals surface area contributed by atoms with Gasteiger partial charge in [-0.15, -0.1) is 11.3 Å². The number of anilines is 9. The summed E-state index contributed by atoms with van der Waals surface area (Å²) in [4.78, 5) is 20.5. The van der Waals surface area contributed by atoms with Crippen molar-refractivity contribution in [2.75, 3.05) is 14.7 Å². The van der Waals surface area contributed by atoms with E-state index < -0.39 is 10.0 Å². The number of para-hydroxylation sites is 3. The summed E-state index contributed by atoms with van der Waals surface area (Å²) in [5, 5.41) is 3.40. The first kappa shape index (κ1) is 62.0. The molecule has 6 heterocycles. The van der Waals surface area contributed by atoms with Crippen LogP contribution in [0.25, 0.3) is 54.5 Å². The van der Waals surface area contributed by atoms with Crippen molar-refractivity contribution >= 4 is 127 Å². The van der Waals surface area contributed by atoms with Crippen LogP contribution in [-0.2, 0) is 16.2 Å². The standard InChI is InChI=1S/C86H84BN5OS2/c1-82(2,3)56-35-40-59(41-36-56)90(71-32-21-19-28-64(71)55-26-17-16-18-27-55)60-42-46-68-73(51-60)92(72-33-25-30-66-65-29-20-22-34-76(65)93-80(66)72)75-53-63(95(85(10,11)12,86(13,14)15)62-44-37-57(38-45-62)83(4,5)6)52-74-78(75)87(68)81-79(67-50-58(84(7,8)9)39-48-77(67)94-81)91(74)61-43-47-70(89-54-61)69-31-23-24-49-88-69/h16-54H,1-15H3. The maximum absolute atomic E-state index is 7.30. The van der Waals surface area contributed by atoms with Crippen LogP contribution in [0.4, 0.5) is 51.2 Å². The zero-order valence-corrected chi connectivity index (χ0v) is 59.2. The van der Waals surface area contributed by atoms with Crippen LogP contribution in [0.1, 0.15) is 121 Å². The first-order chi connectivity index (χ1) is 45.3. The Morgan fingerprint density at radius 1 is 0.453 bits per heavy atom. The Morgan fingerprint density at radius 2 is 1.06 bits per heavy atom. The van der Waals surface area contributed by atoms with Crippen molar-refractivity contribution in [3.8, 4) is 22.5 Å². The average molecular weight is 1280 g/mol. The average Bonchev–Trinajstić information content (AvgIpc) is 1.66. The van der Waals surface area contributed by atoms with Crippen molar-refractivity contribution in [3.63, 3.8) is 0 Å².